The fraction of sp³-hybridized carbons (Fsp3) is 0.444. The largest absolute Gasteiger partial charge is 0.286 e. The third-order valence-corrected chi connectivity index (χ3v) is 3.45. The van der Waals surface area contributed by atoms with Crippen molar-refractivity contribution in [3.05, 3.63) is 47.8 Å². The van der Waals surface area contributed by atoms with Crippen molar-refractivity contribution in [3.8, 4) is 0 Å². The molecular weight excluding hydrogens is 288 g/mol. The van der Waals surface area contributed by atoms with Gasteiger partial charge in [0.2, 0.25) is 11.6 Å². The number of benzene rings is 1. The molecule has 0 saturated heterocycles. The molecule has 0 aliphatic heterocycles. The van der Waals surface area contributed by atoms with Crippen LogP contribution in [0.3, 0.4) is 0 Å². The van der Waals surface area contributed by atoms with E-state index < -0.39 is 0 Å². The quantitative estimate of drug-likeness (QED) is 0.623. The number of nitrogens with zero attached hydrogens (tertiary/aromatic N) is 4. The maximum atomic E-state index is 12.5. The van der Waals surface area contributed by atoms with Gasteiger partial charge in [0.1, 0.15) is 0 Å². The molecule has 0 bridgehead atoms. The molecule has 23 heavy (non-hydrogen) atoms. The monoisotopic (exact) mass is 312 g/mol. The highest BCUT2D eigenvalue weighted by atomic mass is 16.1. The minimum atomic E-state index is -0.340. The number of aromatic nitrogens is 4. The minimum absolute atomic E-state index is 0.107. The summed E-state index contributed by atoms with van der Waals surface area (Å²) in [7, 11) is 0. The molecule has 0 atom stereocenters. The lowest BCUT2D eigenvalue weighted by molar-refractivity contribution is 0.101. The Morgan fingerprint density at radius 3 is 2.39 bits per heavy atom. The molecule has 0 radical (unpaired) electrons. The zero-order chi connectivity index (χ0) is 17.1. The Bertz CT molecular complexity index is 693. The molecule has 122 valence electrons. The van der Waals surface area contributed by atoms with Crippen molar-refractivity contribution < 1.29 is 4.79 Å². The molecule has 0 N–H and O–H groups in total. The second-order valence-electron chi connectivity index (χ2n) is 7.57. The fourth-order valence-electron chi connectivity index (χ4n) is 2.93. The lowest BCUT2D eigenvalue weighted by Gasteiger charge is -2.32. The Morgan fingerprint density at radius 2 is 1.78 bits per heavy atom. The highest BCUT2D eigenvalue weighted by Crippen LogP contribution is 2.32. The first-order valence-corrected chi connectivity index (χ1v) is 7.75. The van der Waals surface area contributed by atoms with Crippen LogP contribution in [0.15, 0.2) is 36.4 Å². The Balaban J connectivity index is 2.23. The summed E-state index contributed by atoms with van der Waals surface area (Å²) in [5, 5.41) is 11.7. The number of hydrogen-bond acceptors (Lipinski definition) is 4. The van der Waals surface area contributed by atoms with Crippen LogP contribution in [0, 0.1) is 5.41 Å². The number of ketones is 1. The van der Waals surface area contributed by atoms with Gasteiger partial charge in [0, 0.05) is 0 Å². The molecule has 0 fully saturated rings. The molecule has 5 heteroatoms. The third kappa shape index (κ3) is 4.58. The minimum Gasteiger partial charge on any atom is -0.286 e. The summed E-state index contributed by atoms with van der Waals surface area (Å²) in [5.41, 5.74) is 0.733. The van der Waals surface area contributed by atoms with Crippen LogP contribution in [0.5, 0.6) is 0 Å². The average Bonchev–Trinajstić information content (AvgIpc) is 2.94. The van der Waals surface area contributed by atoms with Crippen LogP contribution in [0.2, 0.25) is 0 Å². The van der Waals surface area contributed by atoms with E-state index >= 15 is 0 Å². The highest BCUT2D eigenvalue weighted by molar-refractivity contribution is 6.04. The van der Waals surface area contributed by atoms with Gasteiger partial charge in [-0.1, -0.05) is 57.2 Å². The van der Waals surface area contributed by atoms with Crippen molar-refractivity contribution in [2.75, 3.05) is 0 Å². The van der Waals surface area contributed by atoms with E-state index in [-0.39, 0.29) is 22.6 Å². The molecule has 0 saturated carbocycles. The van der Waals surface area contributed by atoms with Gasteiger partial charge in [0.05, 0.1) is 5.54 Å². The summed E-state index contributed by atoms with van der Waals surface area (Å²) in [6.07, 6.45) is 4.15. The van der Waals surface area contributed by atoms with Crippen molar-refractivity contribution in [2.24, 2.45) is 5.41 Å². The first kappa shape index (κ1) is 17.1. The number of carbonyl (C=O) groups excluding carboxylic acids is 1. The lowest BCUT2D eigenvalue weighted by Crippen LogP contribution is -2.34. The van der Waals surface area contributed by atoms with E-state index in [2.05, 4.69) is 36.3 Å². The van der Waals surface area contributed by atoms with E-state index in [1.165, 1.54) is 6.08 Å². The molecule has 2 rings (SSSR count). The molecule has 2 aromatic rings. The van der Waals surface area contributed by atoms with E-state index in [9.17, 15) is 4.79 Å². The van der Waals surface area contributed by atoms with Crippen molar-refractivity contribution in [2.45, 2.75) is 46.6 Å². The summed E-state index contributed by atoms with van der Waals surface area (Å²) >= 11 is 0. The van der Waals surface area contributed by atoms with Gasteiger partial charge in [-0.25, -0.2) is 4.68 Å². The maximum Gasteiger partial charge on any atom is 0.224 e. The second-order valence-corrected chi connectivity index (χ2v) is 7.57. The van der Waals surface area contributed by atoms with Gasteiger partial charge in [0.25, 0.3) is 0 Å². The van der Waals surface area contributed by atoms with E-state index in [0.29, 0.717) is 0 Å². The van der Waals surface area contributed by atoms with Crippen LogP contribution in [-0.2, 0) is 5.54 Å². The summed E-state index contributed by atoms with van der Waals surface area (Å²) in [6, 6.07) is 9.68. The average molecular weight is 312 g/mol. The molecule has 0 unspecified atom stereocenters. The van der Waals surface area contributed by atoms with E-state index in [1.807, 2.05) is 44.2 Å². The first-order chi connectivity index (χ1) is 10.7. The molecule has 1 aromatic heterocycles. The summed E-state index contributed by atoms with van der Waals surface area (Å²) in [4.78, 5) is 12.5. The van der Waals surface area contributed by atoms with E-state index in [4.69, 9.17) is 0 Å². The SMILES string of the molecule is CC(C)(C)CC(C)(C)n1nnnc1C(=O)/C=C/c1ccccc1. The highest BCUT2D eigenvalue weighted by Gasteiger charge is 2.31. The lowest BCUT2D eigenvalue weighted by atomic mass is 9.82. The third-order valence-electron chi connectivity index (χ3n) is 3.45. The molecule has 0 spiro atoms. The summed E-state index contributed by atoms with van der Waals surface area (Å²) in [6.45, 7) is 10.6. The Kier molecular flexibility index (Phi) is 4.78. The molecular formula is C18H24N4O. The van der Waals surface area contributed by atoms with Crippen molar-refractivity contribution >= 4 is 11.9 Å². The van der Waals surface area contributed by atoms with Gasteiger partial charge >= 0.3 is 0 Å². The predicted octanol–water partition coefficient (Wildman–Crippen LogP) is 3.74. The van der Waals surface area contributed by atoms with Gasteiger partial charge in [-0.3, -0.25) is 4.79 Å². The molecule has 0 aliphatic carbocycles. The normalized spacial score (nSPS) is 12.7. The smallest absolute Gasteiger partial charge is 0.224 e. The zero-order valence-corrected chi connectivity index (χ0v) is 14.4. The maximum absolute atomic E-state index is 12.5. The van der Waals surface area contributed by atoms with Crippen LogP contribution < -0.4 is 0 Å². The molecule has 1 aromatic carbocycles. The topological polar surface area (TPSA) is 60.7 Å². The number of allylic oxidation sites excluding steroid dienone is 1. The standard InChI is InChI=1S/C18H24N4O/c1-17(2,3)13-18(4,5)22-16(19-20-21-22)15(23)12-11-14-9-7-6-8-10-14/h6-12H,13H2,1-5H3/b12-11+. The Labute approximate surface area is 137 Å². The molecule has 0 amide bonds. The summed E-state index contributed by atoms with van der Waals surface area (Å²) in [5.74, 6) is 0.0762. The van der Waals surface area contributed by atoms with Crippen LogP contribution in [0.1, 0.15) is 57.2 Å². The van der Waals surface area contributed by atoms with Crippen molar-refractivity contribution in [3.63, 3.8) is 0 Å². The number of carbonyl (C=O) groups is 1. The predicted molar refractivity (Wildman–Crippen MR) is 91.0 cm³/mol. The first-order valence-electron chi connectivity index (χ1n) is 7.75. The number of rotatable bonds is 5. The van der Waals surface area contributed by atoms with Crippen LogP contribution in [0.4, 0.5) is 0 Å². The van der Waals surface area contributed by atoms with Crippen molar-refractivity contribution in [1.82, 2.24) is 20.2 Å². The molecule has 5 nitrogen and oxygen atoms in total. The number of tetrazole rings is 1. The number of hydrogen-bond donors (Lipinski definition) is 0. The Morgan fingerprint density at radius 1 is 1.13 bits per heavy atom. The molecule has 1 heterocycles. The fourth-order valence-corrected chi connectivity index (χ4v) is 2.93. The van der Waals surface area contributed by atoms with Gasteiger partial charge in [0.15, 0.2) is 0 Å². The van der Waals surface area contributed by atoms with Gasteiger partial charge in [-0.05, 0) is 47.7 Å². The summed E-state index contributed by atoms with van der Waals surface area (Å²) < 4.78 is 1.63. The zero-order valence-electron chi connectivity index (χ0n) is 14.4. The van der Waals surface area contributed by atoms with Crippen LogP contribution >= 0.6 is 0 Å². The Hall–Kier alpha value is -2.30. The van der Waals surface area contributed by atoms with Gasteiger partial charge in [-0.15, -0.1) is 5.10 Å². The second kappa shape index (κ2) is 6.44. The molecule has 0 aliphatic rings. The van der Waals surface area contributed by atoms with E-state index in [0.717, 1.165) is 12.0 Å². The van der Waals surface area contributed by atoms with Crippen LogP contribution in [-0.4, -0.2) is 26.0 Å². The van der Waals surface area contributed by atoms with Crippen molar-refractivity contribution in [1.29, 1.82) is 0 Å². The van der Waals surface area contributed by atoms with Crippen LogP contribution in [0.25, 0.3) is 6.08 Å². The van der Waals surface area contributed by atoms with E-state index in [1.54, 1.807) is 10.8 Å². The van der Waals surface area contributed by atoms with Gasteiger partial charge in [-0.2, -0.15) is 0 Å². The van der Waals surface area contributed by atoms with Gasteiger partial charge < -0.3 is 0 Å².